The number of non-ortho nitro benzene ring substituents is 1. The van der Waals surface area contributed by atoms with Crippen LogP contribution < -0.4 is 4.74 Å². The number of nitrogens with zero attached hydrogens (tertiary/aromatic N) is 1. The van der Waals surface area contributed by atoms with E-state index < -0.39 is 10.7 Å². The largest absolute Gasteiger partial charge is 0.453 e. The first-order valence-electron chi connectivity index (χ1n) is 8.11. The topological polar surface area (TPSA) is 72.6 Å². The fourth-order valence-corrected chi connectivity index (χ4v) is 3.10. The van der Waals surface area contributed by atoms with E-state index in [1.165, 1.54) is 18.2 Å². The van der Waals surface area contributed by atoms with Gasteiger partial charge in [0, 0.05) is 28.8 Å². The summed E-state index contributed by atoms with van der Waals surface area (Å²) < 4.78 is 5.97. The van der Waals surface area contributed by atoms with E-state index in [-0.39, 0.29) is 5.69 Å². The third kappa shape index (κ3) is 2.64. The second-order valence-corrected chi connectivity index (χ2v) is 6.02. The molecule has 5 heteroatoms. The van der Waals surface area contributed by atoms with Gasteiger partial charge in [-0.25, -0.2) is 0 Å². The molecule has 1 aliphatic rings. The number of nitro groups is 1. The van der Waals surface area contributed by atoms with Crippen molar-refractivity contribution in [3.8, 4) is 5.75 Å². The summed E-state index contributed by atoms with van der Waals surface area (Å²) in [5, 5.41) is 22.5. The van der Waals surface area contributed by atoms with E-state index in [1.807, 2.05) is 48.5 Å². The van der Waals surface area contributed by atoms with E-state index >= 15 is 0 Å². The molecule has 0 fully saturated rings. The van der Waals surface area contributed by atoms with Gasteiger partial charge in [0.15, 0.2) is 0 Å². The number of hydrogen-bond acceptors (Lipinski definition) is 4. The van der Waals surface area contributed by atoms with Gasteiger partial charge in [0.25, 0.3) is 11.5 Å². The molecule has 5 nitrogen and oxygen atoms in total. The first-order valence-corrected chi connectivity index (χ1v) is 8.11. The highest BCUT2D eigenvalue weighted by Crippen LogP contribution is 2.45. The summed E-state index contributed by atoms with van der Waals surface area (Å²) >= 11 is 0. The molecule has 1 aliphatic heterocycles. The summed E-state index contributed by atoms with van der Waals surface area (Å²) in [6.07, 6.45) is 1.74. The highest BCUT2D eigenvalue weighted by atomic mass is 16.6. The van der Waals surface area contributed by atoms with Crippen LogP contribution in [0.1, 0.15) is 16.7 Å². The molecule has 0 saturated heterocycles. The summed E-state index contributed by atoms with van der Waals surface area (Å²) in [6.45, 7) is 0. The van der Waals surface area contributed by atoms with Crippen molar-refractivity contribution in [1.82, 2.24) is 0 Å². The Morgan fingerprint density at radius 3 is 2.23 bits per heavy atom. The zero-order chi connectivity index (χ0) is 18.1. The zero-order valence-electron chi connectivity index (χ0n) is 13.7. The van der Waals surface area contributed by atoms with Crippen molar-refractivity contribution < 1.29 is 14.8 Å². The molecule has 1 unspecified atom stereocenters. The lowest BCUT2D eigenvalue weighted by atomic mass is 9.88. The SMILES string of the molecule is O=[N+]([O-])c1ccc2c(c1)C=C(c1ccccc1)C(O)(c1ccccc1)O2. The number of aliphatic hydroxyl groups is 1. The van der Waals surface area contributed by atoms with E-state index in [4.69, 9.17) is 4.74 Å². The van der Waals surface area contributed by atoms with E-state index in [0.29, 0.717) is 22.4 Å². The van der Waals surface area contributed by atoms with Crippen LogP contribution in [0.4, 0.5) is 5.69 Å². The van der Waals surface area contributed by atoms with Crippen molar-refractivity contribution in [1.29, 1.82) is 0 Å². The highest BCUT2D eigenvalue weighted by Gasteiger charge is 2.40. The smallest absolute Gasteiger partial charge is 0.270 e. The van der Waals surface area contributed by atoms with Gasteiger partial charge in [-0.2, -0.15) is 0 Å². The summed E-state index contributed by atoms with van der Waals surface area (Å²) in [7, 11) is 0. The Morgan fingerprint density at radius 2 is 1.58 bits per heavy atom. The third-order valence-electron chi connectivity index (χ3n) is 4.38. The van der Waals surface area contributed by atoms with Crippen molar-refractivity contribution in [3.05, 3.63) is 106 Å². The Balaban J connectivity index is 1.94. The molecule has 0 aromatic heterocycles. The van der Waals surface area contributed by atoms with Crippen LogP contribution in [-0.2, 0) is 5.79 Å². The van der Waals surface area contributed by atoms with Crippen molar-refractivity contribution in [3.63, 3.8) is 0 Å². The Hall–Kier alpha value is -3.44. The molecular formula is C21H15NO4. The lowest BCUT2D eigenvalue weighted by Crippen LogP contribution is -2.36. The van der Waals surface area contributed by atoms with Crippen LogP contribution in [0.3, 0.4) is 0 Å². The van der Waals surface area contributed by atoms with Crippen LogP contribution in [0.2, 0.25) is 0 Å². The van der Waals surface area contributed by atoms with Gasteiger partial charge in [0.2, 0.25) is 0 Å². The molecule has 0 saturated carbocycles. The van der Waals surface area contributed by atoms with E-state index in [9.17, 15) is 15.2 Å². The maximum Gasteiger partial charge on any atom is 0.270 e. The zero-order valence-corrected chi connectivity index (χ0v) is 13.7. The number of rotatable bonds is 3. The van der Waals surface area contributed by atoms with Gasteiger partial charge >= 0.3 is 0 Å². The Bertz CT molecular complexity index is 999. The molecule has 128 valence electrons. The van der Waals surface area contributed by atoms with Crippen molar-refractivity contribution in [2.75, 3.05) is 0 Å². The normalized spacial score (nSPS) is 18.4. The van der Waals surface area contributed by atoms with Crippen LogP contribution in [0.25, 0.3) is 11.6 Å². The molecule has 0 radical (unpaired) electrons. The standard InChI is InChI=1S/C21H15NO4/c23-21(17-9-5-2-6-10-17)19(15-7-3-1-4-8-15)14-16-13-18(22(24)25)11-12-20(16)26-21/h1-14,23H. The van der Waals surface area contributed by atoms with Crippen molar-refractivity contribution in [2.45, 2.75) is 5.79 Å². The van der Waals surface area contributed by atoms with Crippen LogP contribution in [-0.4, -0.2) is 10.0 Å². The van der Waals surface area contributed by atoms with E-state index in [1.54, 1.807) is 18.2 Å². The monoisotopic (exact) mass is 345 g/mol. The number of fused-ring (bicyclic) bond motifs is 1. The lowest BCUT2D eigenvalue weighted by Gasteiger charge is -2.35. The number of benzene rings is 3. The first-order chi connectivity index (χ1) is 12.6. The molecule has 4 rings (SSSR count). The predicted molar refractivity (Wildman–Crippen MR) is 98.4 cm³/mol. The summed E-state index contributed by atoms with van der Waals surface area (Å²) in [6, 6.07) is 22.8. The van der Waals surface area contributed by atoms with Gasteiger partial charge in [-0.05, 0) is 17.7 Å². The average Bonchev–Trinajstić information content (AvgIpc) is 2.68. The lowest BCUT2D eigenvalue weighted by molar-refractivity contribution is -0.384. The Labute approximate surface area is 150 Å². The number of nitro benzene ring substituents is 1. The second kappa shape index (κ2) is 6.13. The summed E-state index contributed by atoms with van der Waals surface area (Å²) in [5.41, 5.74) is 2.41. The molecule has 3 aromatic carbocycles. The van der Waals surface area contributed by atoms with Gasteiger partial charge in [-0.1, -0.05) is 60.7 Å². The minimum atomic E-state index is -1.69. The van der Waals surface area contributed by atoms with Gasteiger partial charge in [-0.3, -0.25) is 10.1 Å². The molecule has 1 atom stereocenters. The van der Waals surface area contributed by atoms with E-state index in [0.717, 1.165) is 5.56 Å². The molecule has 0 aliphatic carbocycles. The number of ether oxygens (including phenoxy) is 1. The minimum Gasteiger partial charge on any atom is -0.453 e. The van der Waals surface area contributed by atoms with Gasteiger partial charge in [0.1, 0.15) is 5.75 Å². The molecule has 1 heterocycles. The van der Waals surface area contributed by atoms with Crippen LogP contribution in [0.5, 0.6) is 5.75 Å². The van der Waals surface area contributed by atoms with Gasteiger partial charge in [-0.15, -0.1) is 0 Å². The van der Waals surface area contributed by atoms with Crippen LogP contribution in [0, 0.1) is 10.1 Å². The molecular weight excluding hydrogens is 330 g/mol. The number of hydrogen-bond donors (Lipinski definition) is 1. The second-order valence-electron chi connectivity index (χ2n) is 6.02. The van der Waals surface area contributed by atoms with Crippen molar-refractivity contribution >= 4 is 17.3 Å². The minimum absolute atomic E-state index is 0.0267. The van der Waals surface area contributed by atoms with Crippen LogP contribution >= 0.6 is 0 Å². The van der Waals surface area contributed by atoms with Crippen LogP contribution in [0.15, 0.2) is 78.9 Å². The average molecular weight is 345 g/mol. The van der Waals surface area contributed by atoms with E-state index in [2.05, 4.69) is 0 Å². The summed E-state index contributed by atoms with van der Waals surface area (Å²) in [4.78, 5) is 10.6. The maximum absolute atomic E-state index is 11.5. The molecule has 0 amide bonds. The summed E-state index contributed by atoms with van der Waals surface area (Å²) in [5.74, 6) is -1.30. The van der Waals surface area contributed by atoms with Gasteiger partial charge < -0.3 is 9.84 Å². The van der Waals surface area contributed by atoms with Crippen molar-refractivity contribution in [2.24, 2.45) is 0 Å². The fourth-order valence-electron chi connectivity index (χ4n) is 3.10. The third-order valence-corrected chi connectivity index (χ3v) is 4.38. The Kier molecular flexibility index (Phi) is 3.78. The molecule has 1 N–H and O–H groups in total. The molecule has 0 bridgehead atoms. The highest BCUT2D eigenvalue weighted by molar-refractivity contribution is 5.89. The molecule has 0 spiro atoms. The molecule has 3 aromatic rings. The Morgan fingerprint density at radius 1 is 0.923 bits per heavy atom. The first kappa shape index (κ1) is 16.1. The quantitative estimate of drug-likeness (QED) is 0.565. The maximum atomic E-state index is 11.5. The fraction of sp³-hybridized carbons (Fsp3) is 0.0476. The predicted octanol–water partition coefficient (Wildman–Crippen LogP) is 4.37. The van der Waals surface area contributed by atoms with Gasteiger partial charge in [0.05, 0.1) is 4.92 Å². The molecule has 26 heavy (non-hydrogen) atoms.